The second-order valence-electron chi connectivity index (χ2n) is 6.77. The van der Waals surface area contributed by atoms with Crippen LogP contribution in [-0.2, 0) is 4.79 Å². The molecule has 16 heavy (non-hydrogen) atoms. The Kier molecular flexibility index (Phi) is 3.16. The Balaban J connectivity index is 2.24. The van der Waals surface area contributed by atoms with Gasteiger partial charge in [-0.25, -0.2) is 0 Å². The second kappa shape index (κ2) is 4.16. The molecule has 4 atom stereocenters. The molecule has 0 bridgehead atoms. The topological polar surface area (TPSA) is 17.1 Å². The van der Waals surface area contributed by atoms with Crippen molar-refractivity contribution in [3.63, 3.8) is 0 Å². The molecular weight excluding hydrogens is 196 g/mol. The van der Waals surface area contributed by atoms with Crippen molar-refractivity contribution in [3.8, 4) is 0 Å². The quantitative estimate of drug-likeness (QED) is 0.654. The molecule has 2 rings (SSSR count). The first-order valence-electron chi connectivity index (χ1n) is 6.98. The molecule has 0 heterocycles. The van der Waals surface area contributed by atoms with E-state index >= 15 is 0 Å². The highest BCUT2D eigenvalue weighted by Crippen LogP contribution is 2.54. The van der Waals surface area contributed by atoms with Crippen molar-refractivity contribution < 1.29 is 4.79 Å². The van der Waals surface area contributed by atoms with Crippen LogP contribution in [0.5, 0.6) is 0 Å². The third-order valence-corrected chi connectivity index (χ3v) is 5.55. The number of hydrogen-bond acceptors (Lipinski definition) is 1. The minimum atomic E-state index is 0.308. The Bertz CT molecular complexity index is 281. The lowest BCUT2D eigenvalue weighted by atomic mass is 9.52. The van der Waals surface area contributed by atoms with E-state index < -0.39 is 0 Å². The highest BCUT2D eigenvalue weighted by Gasteiger charge is 2.49. The molecule has 1 nitrogen and oxygen atoms in total. The molecule has 2 fully saturated rings. The van der Waals surface area contributed by atoms with Crippen LogP contribution in [0.4, 0.5) is 0 Å². The molecule has 0 aromatic heterocycles. The predicted octanol–water partition coefficient (Wildman–Crippen LogP) is 4.06. The van der Waals surface area contributed by atoms with Gasteiger partial charge in [0.05, 0.1) is 0 Å². The molecule has 0 amide bonds. The normalized spacial score (nSPS) is 44.6. The third kappa shape index (κ3) is 1.83. The first kappa shape index (κ1) is 12.1. The fraction of sp³-hybridized carbons (Fsp3) is 0.933. The van der Waals surface area contributed by atoms with Gasteiger partial charge in [0.2, 0.25) is 0 Å². The Morgan fingerprint density at radius 1 is 1.31 bits per heavy atom. The molecule has 1 heteroatoms. The summed E-state index contributed by atoms with van der Waals surface area (Å²) >= 11 is 0. The van der Waals surface area contributed by atoms with Crippen molar-refractivity contribution >= 4 is 5.78 Å². The van der Waals surface area contributed by atoms with Crippen LogP contribution in [0.1, 0.15) is 59.8 Å². The van der Waals surface area contributed by atoms with Gasteiger partial charge >= 0.3 is 0 Å². The molecule has 0 aromatic rings. The molecule has 2 saturated carbocycles. The Labute approximate surface area is 100.0 Å². The molecule has 0 unspecified atom stereocenters. The van der Waals surface area contributed by atoms with Gasteiger partial charge in [0.15, 0.2) is 0 Å². The van der Waals surface area contributed by atoms with Gasteiger partial charge in [-0.15, -0.1) is 0 Å². The van der Waals surface area contributed by atoms with Crippen LogP contribution in [0.15, 0.2) is 0 Å². The molecule has 2 aliphatic carbocycles. The van der Waals surface area contributed by atoms with Gasteiger partial charge in [-0.1, -0.05) is 40.5 Å². The molecule has 92 valence electrons. The van der Waals surface area contributed by atoms with E-state index in [4.69, 9.17) is 0 Å². The van der Waals surface area contributed by atoms with Gasteiger partial charge in [0, 0.05) is 12.3 Å². The van der Waals surface area contributed by atoms with Gasteiger partial charge in [0.25, 0.3) is 0 Å². The smallest absolute Gasteiger partial charge is 0.136 e. The van der Waals surface area contributed by atoms with E-state index in [1.165, 1.54) is 19.3 Å². The third-order valence-electron chi connectivity index (χ3n) is 5.55. The van der Waals surface area contributed by atoms with Crippen molar-refractivity contribution in [3.05, 3.63) is 0 Å². The summed E-state index contributed by atoms with van der Waals surface area (Å²) in [6.45, 7) is 9.29. The summed E-state index contributed by atoms with van der Waals surface area (Å²) in [6.07, 6.45) is 5.88. The van der Waals surface area contributed by atoms with Crippen molar-refractivity contribution in [1.82, 2.24) is 0 Å². The van der Waals surface area contributed by atoms with Crippen LogP contribution in [0.2, 0.25) is 0 Å². The lowest BCUT2D eigenvalue weighted by molar-refractivity contribution is -0.139. The fourth-order valence-electron chi connectivity index (χ4n) is 4.01. The number of rotatable bonds is 1. The maximum atomic E-state index is 12.3. The molecule has 0 aromatic carbocycles. The summed E-state index contributed by atoms with van der Waals surface area (Å²) < 4.78 is 0. The van der Waals surface area contributed by atoms with E-state index in [0.717, 1.165) is 18.8 Å². The van der Waals surface area contributed by atoms with Gasteiger partial charge in [-0.2, -0.15) is 0 Å². The first-order chi connectivity index (χ1) is 7.45. The number of Topliss-reactive ketones (excluding diaryl/α,β-unsaturated/α-hetero) is 1. The zero-order valence-corrected chi connectivity index (χ0v) is 11.3. The van der Waals surface area contributed by atoms with E-state index in [9.17, 15) is 4.79 Å². The van der Waals surface area contributed by atoms with E-state index in [2.05, 4.69) is 27.7 Å². The lowest BCUT2D eigenvalue weighted by Crippen LogP contribution is -2.48. The molecule has 2 aliphatic rings. The lowest BCUT2D eigenvalue weighted by Gasteiger charge is -2.51. The van der Waals surface area contributed by atoms with Crippen molar-refractivity contribution in [2.45, 2.75) is 59.8 Å². The van der Waals surface area contributed by atoms with Crippen LogP contribution in [0.3, 0.4) is 0 Å². The largest absolute Gasteiger partial charge is 0.299 e. The van der Waals surface area contributed by atoms with Gasteiger partial charge in [-0.3, -0.25) is 4.79 Å². The van der Waals surface area contributed by atoms with Crippen LogP contribution < -0.4 is 0 Å². The zero-order valence-electron chi connectivity index (χ0n) is 11.3. The molecule has 0 spiro atoms. The van der Waals surface area contributed by atoms with E-state index in [1.54, 1.807) is 0 Å². The average molecular weight is 222 g/mol. The zero-order chi connectivity index (χ0) is 11.9. The van der Waals surface area contributed by atoms with E-state index in [0.29, 0.717) is 29.0 Å². The minimum absolute atomic E-state index is 0.308. The summed E-state index contributed by atoms with van der Waals surface area (Å²) in [4.78, 5) is 12.3. The molecule has 0 saturated heterocycles. The molecule has 0 radical (unpaired) electrons. The summed E-state index contributed by atoms with van der Waals surface area (Å²) in [5, 5.41) is 0. The molecule has 0 N–H and O–H groups in total. The minimum Gasteiger partial charge on any atom is -0.299 e. The predicted molar refractivity (Wildman–Crippen MR) is 67.2 cm³/mol. The fourth-order valence-corrected chi connectivity index (χ4v) is 4.01. The second-order valence-corrected chi connectivity index (χ2v) is 6.77. The number of carbonyl (C=O) groups excluding carboxylic acids is 1. The molecule has 0 aliphatic heterocycles. The van der Waals surface area contributed by atoms with Crippen LogP contribution in [-0.4, -0.2) is 5.78 Å². The standard InChI is InChI=1S/C15H26O/c1-10(2)12-8-14(16)13-7-5-6-11(3)15(13,4)9-12/h10-13H,5-9H2,1-4H3/t11-,12-,13-,15+/m1/s1. The summed E-state index contributed by atoms with van der Waals surface area (Å²) in [5.41, 5.74) is 0.308. The van der Waals surface area contributed by atoms with Crippen LogP contribution in [0, 0.1) is 29.1 Å². The summed E-state index contributed by atoms with van der Waals surface area (Å²) in [7, 11) is 0. The maximum Gasteiger partial charge on any atom is 0.136 e. The van der Waals surface area contributed by atoms with Crippen molar-refractivity contribution in [2.24, 2.45) is 29.1 Å². The Morgan fingerprint density at radius 3 is 2.62 bits per heavy atom. The van der Waals surface area contributed by atoms with Gasteiger partial charge in [0.1, 0.15) is 5.78 Å². The number of hydrogen-bond donors (Lipinski definition) is 0. The van der Waals surface area contributed by atoms with Gasteiger partial charge < -0.3 is 0 Å². The Hall–Kier alpha value is -0.330. The molecular formula is C15H26O. The summed E-state index contributed by atoms with van der Waals surface area (Å²) in [6, 6.07) is 0. The number of fused-ring (bicyclic) bond motifs is 1. The van der Waals surface area contributed by atoms with Gasteiger partial charge in [-0.05, 0) is 36.0 Å². The van der Waals surface area contributed by atoms with E-state index in [1.807, 2.05) is 0 Å². The highest BCUT2D eigenvalue weighted by atomic mass is 16.1. The first-order valence-corrected chi connectivity index (χ1v) is 6.98. The number of ketones is 1. The SMILES string of the molecule is CC(C)[C@@H]1CC(=O)[C@H]2CCC[C@@H](C)[C@]2(C)C1. The van der Waals surface area contributed by atoms with Crippen molar-refractivity contribution in [2.75, 3.05) is 0 Å². The maximum absolute atomic E-state index is 12.3. The summed E-state index contributed by atoms with van der Waals surface area (Å²) in [5.74, 6) is 2.98. The Morgan fingerprint density at radius 2 is 2.00 bits per heavy atom. The monoisotopic (exact) mass is 222 g/mol. The number of carbonyl (C=O) groups is 1. The van der Waals surface area contributed by atoms with Crippen molar-refractivity contribution in [1.29, 1.82) is 0 Å². The average Bonchev–Trinajstić information content (AvgIpc) is 2.20. The van der Waals surface area contributed by atoms with Crippen LogP contribution >= 0.6 is 0 Å². The highest BCUT2D eigenvalue weighted by molar-refractivity contribution is 5.83. The van der Waals surface area contributed by atoms with E-state index in [-0.39, 0.29) is 0 Å². The van der Waals surface area contributed by atoms with Crippen LogP contribution in [0.25, 0.3) is 0 Å².